The van der Waals surface area contributed by atoms with E-state index in [4.69, 9.17) is 16.3 Å². The second-order valence-electron chi connectivity index (χ2n) is 4.61. The van der Waals surface area contributed by atoms with Crippen LogP contribution < -0.4 is 0 Å². The minimum absolute atomic E-state index is 0.0478. The molecule has 0 bridgehead atoms. The van der Waals surface area contributed by atoms with Gasteiger partial charge in [-0.15, -0.1) is 0 Å². The van der Waals surface area contributed by atoms with Crippen molar-refractivity contribution in [3.05, 3.63) is 16.4 Å². The van der Waals surface area contributed by atoms with Crippen molar-refractivity contribution in [2.24, 2.45) is 12.5 Å². The molecule has 1 atom stereocenters. The summed E-state index contributed by atoms with van der Waals surface area (Å²) in [4.78, 5) is 23.7. The molecule has 0 aliphatic rings. The van der Waals surface area contributed by atoms with E-state index in [0.29, 0.717) is 16.4 Å². The van der Waals surface area contributed by atoms with Crippen molar-refractivity contribution in [3.63, 3.8) is 0 Å². The number of aromatic nitrogens is 2. The quantitative estimate of drug-likeness (QED) is 0.642. The Hall–Kier alpha value is -1.56. The molecule has 0 amide bonds. The summed E-state index contributed by atoms with van der Waals surface area (Å²) in [7, 11) is 1.67. The molecule has 1 heterocycles. The molecule has 0 spiro atoms. The molecule has 0 fully saturated rings. The lowest BCUT2D eigenvalue weighted by atomic mass is 9.80. The Kier molecular flexibility index (Phi) is 5.16. The monoisotopic (exact) mass is 302 g/mol. The fourth-order valence-electron chi connectivity index (χ4n) is 2.08. The molecule has 1 aromatic rings. The molecular weight excluding hydrogens is 284 g/mol. The molecule has 0 aliphatic heterocycles. The van der Waals surface area contributed by atoms with Crippen LogP contribution in [0.2, 0.25) is 5.02 Å². The van der Waals surface area contributed by atoms with Crippen molar-refractivity contribution < 1.29 is 19.4 Å². The Balaban J connectivity index is 3.26. The number of rotatable bonds is 6. The maximum absolute atomic E-state index is 12.1. The Morgan fingerprint density at radius 1 is 1.45 bits per heavy atom. The van der Waals surface area contributed by atoms with E-state index in [1.807, 2.05) is 0 Å². The van der Waals surface area contributed by atoms with Crippen molar-refractivity contribution >= 4 is 23.5 Å². The summed E-state index contributed by atoms with van der Waals surface area (Å²) in [6, 6.07) is 0. The first kappa shape index (κ1) is 16.5. The topological polar surface area (TPSA) is 81.4 Å². The van der Waals surface area contributed by atoms with Gasteiger partial charge in [0.05, 0.1) is 23.0 Å². The molecular formula is C13H19ClN2O4. The van der Waals surface area contributed by atoms with Gasteiger partial charge in [-0.3, -0.25) is 14.3 Å². The van der Waals surface area contributed by atoms with Gasteiger partial charge in [-0.25, -0.2) is 0 Å². The highest BCUT2D eigenvalue weighted by molar-refractivity contribution is 6.31. The van der Waals surface area contributed by atoms with Crippen molar-refractivity contribution in [2.75, 3.05) is 6.61 Å². The van der Waals surface area contributed by atoms with Crippen LogP contribution in [0.25, 0.3) is 0 Å². The number of carbonyl (C=O) groups excluding carboxylic acids is 1. The Morgan fingerprint density at radius 2 is 2.05 bits per heavy atom. The van der Waals surface area contributed by atoms with Gasteiger partial charge >= 0.3 is 11.9 Å². The van der Waals surface area contributed by atoms with Gasteiger partial charge < -0.3 is 9.84 Å². The SMILES string of the molecule is CCOC(=O)C(CC)(Cc1c(Cl)c(C)nn1C)C(=O)O. The van der Waals surface area contributed by atoms with E-state index in [-0.39, 0.29) is 19.4 Å². The van der Waals surface area contributed by atoms with Gasteiger partial charge in [0.1, 0.15) is 0 Å². The number of esters is 1. The molecule has 1 unspecified atom stereocenters. The minimum atomic E-state index is -1.64. The molecule has 112 valence electrons. The maximum Gasteiger partial charge on any atom is 0.323 e. The minimum Gasteiger partial charge on any atom is -0.480 e. The van der Waals surface area contributed by atoms with Crippen LogP contribution in [0.4, 0.5) is 0 Å². The fourth-order valence-corrected chi connectivity index (χ4v) is 2.31. The van der Waals surface area contributed by atoms with Crippen LogP contribution in [0, 0.1) is 12.3 Å². The first-order valence-corrected chi connectivity index (χ1v) is 6.76. The third kappa shape index (κ3) is 2.80. The predicted octanol–water partition coefficient (Wildman–Crippen LogP) is 1.97. The summed E-state index contributed by atoms with van der Waals surface area (Å²) in [5.74, 6) is -1.96. The van der Waals surface area contributed by atoms with Crippen LogP contribution in [-0.4, -0.2) is 33.4 Å². The number of ether oxygens (including phenoxy) is 1. The van der Waals surface area contributed by atoms with Crippen molar-refractivity contribution in [1.29, 1.82) is 0 Å². The van der Waals surface area contributed by atoms with Gasteiger partial charge in [-0.05, 0) is 20.3 Å². The van der Waals surface area contributed by atoms with Gasteiger partial charge in [-0.2, -0.15) is 5.10 Å². The predicted molar refractivity (Wildman–Crippen MR) is 73.7 cm³/mol. The van der Waals surface area contributed by atoms with E-state index in [2.05, 4.69) is 5.10 Å². The molecule has 1 N–H and O–H groups in total. The maximum atomic E-state index is 12.1. The molecule has 1 aromatic heterocycles. The highest BCUT2D eigenvalue weighted by Gasteiger charge is 2.47. The molecule has 20 heavy (non-hydrogen) atoms. The number of carbonyl (C=O) groups is 2. The number of aliphatic carboxylic acids is 1. The largest absolute Gasteiger partial charge is 0.480 e. The van der Waals surface area contributed by atoms with Crippen LogP contribution in [-0.2, 0) is 27.8 Å². The average Bonchev–Trinajstić information content (AvgIpc) is 2.61. The number of nitrogens with zero attached hydrogens (tertiary/aromatic N) is 2. The number of hydrogen-bond acceptors (Lipinski definition) is 4. The number of carboxylic acids is 1. The molecule has 1 rings (SSSR count). The molecule has 0 radical (unpaired) electrons. The highest BCUT2D eigenvalue weighted by Crippen LogP contribution is 2.33. The molecule has 7 heteroatoms. The van der Waals surface area contributed by atoms with Crippen LogP contribution in [0.3, 0.4) is 0 Å². The number of hydrogen-bond donors (Lipinski definition) is 1. The smallest absolute Gasteiger partial charge is 0.323 e. The van der Waals surface area contributed by atoms with Gasteiger partial charge in [0, 0.05) is 13.5 Å². The summed E-state index contributed by atoms with van der Waals surface area (Å²) in [5.41, 5.74) is -0.523. The summed E-state index contributed by atoms with van der Waals surface area (Å²) in [6.07, 6.45) is 0.0650. The zero-order chi connectivity index (χ0) is 15.5. The van der Waals surface area contributed by atoms with Gasteiger partial charge in [0.15, 0.2) is 5.41 Å². The highest BCUT2D eigenvalue weighted by atomic mass is 35.5. The lowest BCUT2D eigenvalue weighted by Crippen LogP contribution is -2.42. The van der Waals surface area contributed by atoms with E-state index in [9.17, 15) is 14.7 Å². The Bertz CT molecular complexity index is 527. The first-order valence-electron chi connectivity index (χ1n) is 6.38. The standard InChI is InChI=1S/C13H19ClN2O4/c1-5-13(11(17)18,12(19)20-6-2)7-9-10(14)8(3)15-16(9)4/h5-7H2,1-4H3,(H,17,18). The molecule has 0 aliphatic carbocycles. The van der Waals surface area contributed by atoms with Crippen molar-refractivity contribution in [1.82, 2.24) is 9.78 Å². The van der Waals surface area contributed by atoms with E-state index < -0.39 is 17.4 Å². The second-order valence-corrected chi connectivity index (χ2v) is 4.99. The zero-order valence-corrected chi connectivity index (χ0v) is 12.8. The summed E-state index contributed by atoms with van der Waals surface area (Å²) in [6.45, 7) is 5.14. The summed E-state index contributed by atoms with van der Waals surface area (Å²) < 4.78 is 6.43. The fraction of sp³-hybridized carbons (Fsp3) is 0.615. The van der Waals surface area contributed by atoms with Gasteiger partial charge in [-0.1, -0.05) is 18.5 Å². The third-order valence-electron chi connectivity index (χ3n) is 3.41. The molecule has 0 saturated carbocycles. The van der Waals surface area contributed by atoms with Crippen LogP contribution >= 0.6 is 11.6 Å². The number of aryl methyl sites for hydroxylation is 2. The van der Waals surface area contributed by atoms with Crippen molar-refractivity contribution in [2.45, 2.75) is 33.6 Å². The normalized spacial score (nSPS) is 13.8. The van der Waals surface area contributed by atoms with E-state index in [1.54, 1.807) is 27.8 Å². The van der Waals surface area contributed by atoms with Gasteiger partial charge in [0.25, 0.3) is 0 Å². The Morgan fingerprint density at radius 3 is 2.40 bits per heavy atom. The number of carboxylic acid groups (broad SMARTS) is 1. The zero-order valence-electron chi connectivity index (χ0n) is 12.1. The molecule has 0 saturated heterocycles. The lowest BCUT2D eigenvalue weighted by Gasteiger charge is -2.25. The van der Waals surface area contributed by atoms with E-state index in [1.165, 1.54) is 4.68 Å². The summed E-state index contributed by atoms with van der Waals surface area (Å²) in [5, 5.41) is 14.0. The third-order valence-corrected chi connectivity index (χ3v) is 3.90. The Labute approximate surface area is 122 Å². The molecule has 0 aromatic carbocycles. The van der Waals surface area contributed by atoms with E-state index in [0.717, 1.165) is 0 Å². The number of halogens is 1. The second kappa shape index (κ2) is 6.26. The lowest BCUT2D eigenvalue weighted by molar-refractivity contribution is -0.169. The van der Waals surface area contributed by atoms with Crippen LogP contribution in [0.1, 0.15) is 31.7 Å². The van der Waals surface area contributed by atoms with E-state index >= 15 is 0 Å². The first-order chi connectivity index (χ1) is 9.30. The molecule has 6 nitrogen and oxygen atoms in total. The van der Waals surface area contributed by atoms with Crippen molar-refractivity contribution in [3.8, 4) is 0 Å². The summed E-state index contributed by atoms with van der Waals surface area (Å²) >= 11 is 6.14. The van der Waals surface area contributed by atoms with Crippen LogP contribution in [0.15, 0.2) is 0 Å². The van der Waals surface area contributed by atoms with Gasteiger partial charge in [0.2, 0.25) is 0 Å². The van der Waals surface area contributed by atoms with Crippen LogP contribution in [0.5, 0.6) is 0 Å². The average molecular weight is 303 g/mol.